The van der Waals surface area contributed by atoms with Gasteiger partial charge in [0.15, 0.2) is 0 Å². The summed E-state index contributed by atoms with van der Waals surface area (Å²) in [5, 5.41) is 0.481. The predicted octanol–water partition coefficient (Wildman–Crippen LogP) is 3.88. The molecular formula is C12H9Cl2NO. The van der Waals surface area contributed by atoms with E-state index in [-0.39, 0.29) is 10.7 Å². The standard InChI is InChI=1S/C12H9Cl2NO/c1-6-3-4-7(2)10-8(6)5-9(12(14)16)11(13)15-10/h3-5H,1-2H3. The van der Waals surface area contributed by atoms with E-state index >= 15 is 0 Å². The molecular weight excluding hydrogens is 245 g/mol. The maximum Gasteiger partial charge on any atom is 0.255 e. The molecule has 1 aromatic carbocycles. The van der Waals surface area contributed by atoms with Crippen molar-refractivity contribution in [1.29, 1.82) is 0 Å². The molecule has 0 saturated heterocycles. The van der Waals surface area contributed by atoms with Gasteiger partial charge in [0.05, 0.1) is 11.1 Å². The molecule has 0 aliphatic carbocycles. The van der Waals surface area contributed by atoms with Crippen molar-refractivity contribution in [3.63, 3.8) is 0 Å². The third-order valence-electron chi connectivity index (χ3n) is 2.57. The Kier molecular flexibility index (Phi) is 2.87. The minimum absolute atomic E-state index is 0.154. The lowest BCUT2D eigenvalue weighted by Gasteiger charge is -2.07. The van der Waals surface area contributed by atoms with Crippen molar-refractivity contribution in [2.75, 3.05) is 0 Å². The van der Waals surface area contributed by atoms with Gasteiger partial charge in [-0.2, -0.15) is 0 Å². The number of hydrogen-bond acceptors (Lipinski definition) is 2. The van der Waals surface area contributed by atoms with Gasteiger partial charge in [-0.15, -0.1) is 0 Å². The third-order valence-corrected chi connectivity index (χ3v) is 3.06. The molecule has 2 rings (SSSR count). The molecule has 2 nitrogen and oxygen atoms in total. The van der Waals surface area contributed by atoms with Gasteiger partial charge >= 0.3 is 0 Å². The first kappa shape index (κ1) is 11.4. The van der Waals surface area contributed by atoms with E-state index in [0.717, 1.165) is 22.0 Å². The van der Waals surface area contributed by atoms with Crippen LogP contribution in [0.4, 0.5) is 0 Å². The van der Waals surface area contributed by atoms with Crippen LogP contribution in [-0.4, -0.2) is 10.2 Å². The summed E-state index contributed by atoms with van der Waals surface area (Å²) in [6, 6.07) is 5.65. The number of hydrogen-bond donors (Lipinski definition) is 0. The van der Waals surface area contributed by atoms with Crippen LogP contribution in [-0.2, 0) is 0 Å². The number of carbonyl (C=O) groups excluding carboxylic acids is 1. The summed E-state index contributed by atoms with van der Waals surface area (Å²) in [5.74, 6) is 0. The number of carbonyl (C=O) groups is 1. The molecule has 1 aromatic heterocycles. The van der Waals surface area contributed by atoms with E-state index in [0.29, 0.717) is 0 Å². The number of aryl methyl sites for hydroxylation is 2. The first-order valence-electron chi connectivity index (χ1n) is 4.77. The van der Waals surface area contributed by atoms with Gasteiger partial charge in [0.25, 0.3) is 5.24 Å². The maximum absolute atomic E-state index is 11.1. The molecule has 0 unspecified atom stereocenters. The Morgan fingerprint density at radius 1 is 1.25 bits per heavy atom. The Morgan fingerprint density at radius 3 is 2.50 bits per heavy atom. The minimum atomic E-state index is -0.583. The molecule has 0 aliphatic rings. The fourth-order valence-corrected chi connectivity index (χ4v) is 2.07. The Balaban J connectivity index is 2.89. The van der Waals surface area contributed by atoms with Crippen LogP contribution in [0.1, 0.15) is 21.5 Å². The Morgan fingerprint density at radius 2 is 1.88 bits per heavy atom. The van der Waals surface area contributed by atoms with Crippen LogP contribution in [0.3, 0.4) is 0 Å². The van der Waals surface area contributed by atoms with Crippen LogP contribution >= 0.6 is 23.2 Å². The second-order valence-electron chi connectivity index (χ2n) is 3.70. The van der Waals surface area contributed by atoms with Crippen molar-refractivity contribution < 1.29 is 4.79 Å². The molecule has 1 heterocycles. The minimum Gasteiger partial charge on any atom is -0.275 e. The number of aromatic nitrogens is 1. The molecule has 82 valence electrons. The van der Waals surface area contributed by atoms with Crippen molar-refractivity contribution in [3.05, 3.63) is 40.0 Å². The van der Waals surface area contributed by atoms with Crippen molar-refractivity contribution in [2.24, 2.45) is 0 Å². The Hall–Kier alpha value is -1.12. The second-order valence-corrected chi connectivity index (χ2v) is 4.40. The third kappa shape index (κ3) is 1.79. The molecule has 4 heteroatoms. The van der Waals surface area contributed by atoms with E-state index in [2.05, 4.69) is 4.98 Å². The lowest BCUT2D eigenvalue weighted by atomic mass is 10.0. The summed E-state index contributed by atoms with van der Waals surface area (Å²) < 4.78 is 0. The lowest BCUT2D eigenvalue weighted by molar-refractivity contribution is 0.108. The van der Waals surface area contributed by atoms with Gasteiger partial charge in [0.1, 0.15) is 5.15 Å². The van der Waals surface area contributed by atoms with Crippen molar-refractivity contribution in [1.82, 2.24) is 4.98 Å². The molecule has 0 bridgehead atoms. The number of nitrogens with zero attached hydrogens (tertiary/aromatic N) is 1. The van der Waals surface area contributed by atoms with E-state index in [4.69, 9.17) is 23.2 Å². The van der Waals surface area contributed by atoms with Crippen molar-refractivity contribution in [3.8, 4) is 0 Å². The first-order chi connectivity index (χ1) is 7.50. The molecule has 0 saturated carbocycles. The van der Waals surface area contributed by atoms with Crippen molar-refractivity contribution in [2.45, 2.75) is 13.8 Å². The molecule has 0 radical (unpaired) electrons. The summed E-state index contributed by atoms with van der Waals surface area (Å²) in [4.78, 5) is 15.4. The van der Waals surface area contributed by atoms with E-state index in [9.17, 15) is 4.79 Å². The van der Waals surface area contributed by atoms with E-state index in [1.54, 1.807) is 6.07 Å². The highest BCUT2D eigenvalue weighted by atomic mass is 35.5. The molecule has 0 aliphatic heterocycles. The summed E-state index contributed by atoms with van der Waals surface area (Å²) in [6.45, 7) is 3.91. The summed E-state index contributed by atoms with van der Waals surface area (Å²) in [5.41, 5.74) is 3.14. The fourth-order valence-electron chi connectivity index (χ4n) is 1.65. The summed E-state index contributed by atoms with van der Waals surface area (Å²) in [7, 11) is 0. The van der Waals surface area contributed by atoms with Crippen molar-refractivity contribution >= 4 is 39.3 Å². The molecule has 0 amide bonds. The predicted molar refractivity (Wildman–Crippen MR) is 66.4 cm³/mol. The van der Waals surface area contributed by atoms with Gasteiger partial charge in [-0.25, -0.2) is 4.98 Å². The Labute approximate surface area is 103 Å². The number of pyridine rings is 1. The van der Waals surface area contributed by atoms with E-state index in [1.807, 2.05) is 26.0 Å². The maximum atomic E-state index is 11.1. The van der Waals surface area contributed by atoms with Gasteiger partial charge < -0.3 is 0 Å². The lowest BCUT2D eigenvalue weighted by Crippen LogP contribution is -1.96. The zero-order valence-corrected chi connectivity index (χ0v) is 10.4. The van der Waals surface area contributed by atoms with Crippen LogP contribution in [0, 0.1) is 13.8 Å². The monoisotopic (exact) mass is 253 g/mol. The molecule has 0 spiro atoms. The molecule has 2 aromatic rings. The highest BCUT2D eigenvalue weighted by molar-refractivity contribution is 6.68. The second kappa shape index (κ2) is 4.04. The largest absolute Gasteiger partial charge is 0.275 e. The molecule has 16 heavy (non-hydrogen) atoms. The fraction of sp³-hybridized carbons (Fsp3) is 0.167. The Bertz CT molecular complexity index is 593. The normalized spacial score (nSPS) is 10.8. The quantitative estimate of drug-likeness (QED) is 0.570. The van der Waals surface area contributed by atoms with Crippen LogP contribution in [0.25, 0.3) is 10.9 Å². The zero-order valence-electron chi connectivity index (χ0n) is 8.84. The number of fused-ring (bicyclic) bond motifs is 1. The highest BCUT2D eigenvalue weighted by Gasteiger charge is 2.12. The van der Waals surface area contributed by atoms with Gasteiger partial charge in [-0.05, 0) is 42.6 Å². The van der Waals surface area contributed by atoms with Gasteiger partial charge in [-0.1, -0.05) is 23.7 Å². The number of rotatable bonds is 1. The zero-order chi connectivity index (χ0) is 11.9. The van der Waals surface area contributed by atoms with Gasteiger partial charge in [0.2, 0.25) is 0 Å². The molecule has 0 atom stereocenters. The smallest absolute Gasteiger partial charge is 0.255 e. The van der Waals surface area contributed by atoms with E-state index < -0.39 is 5.24 Å². The van der Waals surface area contributed by atoms with Gasteiger partial charge in [0, 0.05) is 5.39 Å². The topological polar surface area (TPSA) is 30.0 Å². The number of benzene rings is 1. The summed E-state index contributed by atoms with van der Waals surface area (Å²) >= 11 is 11.3. The van der Waals surface area contributed by atoms with E-state index in [1.165, 1.54) is 0 Å². The molecule has 0 fully saturated rings. The summed E-state index contributed by atoms with van der Waals surface area (Å²) in [6.07, 6.45) is 0. The van der Waals surface area contributed by atoms with Crippen LogP contribution in [0.2, 0.25) is 5.15 Å². The SMILES string of the molecule is Cc1ccc(C)c2nc(Cl)c(C(=O)Cl)cc12. The van der Waals surface area contributed by atoms with Crippen LogP contribution in [0.15, 0.2) is 18.2 Å². The highest BCUT2D eigenvalue weighted by Crippen LogP contribution is 2.26. The first-order valence-corrected chi connectivity index (χ1v) is 5.52. The average Bonchev–Trinajstić information content (AvgIpc) is 2.23. The van der Waals surface area contributed by atoms with Crippen LogP contribution in [0.5, 0.6) is 0 Å². The average molecular weight is 254 g/mol. The van der Waals surface area contributed by atoms with Gasteiger partial charge in [-0.3, -0.25) is 4.79 Å². The van der Waals surface area contributed by atoms with Crippen LogP contribution < -0.4 is 0 Å². The molecule has 0 N–H and O–H groups in total. The number of halogens is 2.